The van der Waals surface area contributed by atoms with E-state index in [1.807, 2.05) is 20.8 Å². The van der Waals surface area contributed by atoms with Crippen molar-refractivity contribution < 1.29 is 22.3 Å². The molecule has 18 heavy (non-hydrogen) atoms. The van der Waals surface area contributed by atoms with Crippen LogP contribution in [0.4, 0.5) is 17.6 Å². The molecule has 102 valence electrons. The summed E-state index contributed by atoms with van der Waals surface area (Å²) in [7, 11) is 0. The Morgan fingerprint density at radius 2 is 1.72 bits per heavy atom. The molecule has 0 bridgehead atoms. The number of alkyl halides is 3. The van der Waals surface area contributed by atoms with E-state index in [1.54, 1.807) is 0 Å². The second-order valence-electron chi connectivity index (χ2n) is 4.98. The molecule has 0 aromatic heterocycles. The van der Waals surface area contributed by atoms with E-state index in [-0.39, 0.29) is 17.8 Å². The van der Waals surface area contributed by atoms with E-state index in [0.717, 1.165) is 18.6 Å². The molecule has 1 aromatic rings. The van der Waals surface area contributed by atoms with Crippen molar-refractivity contribution in [2.45, 2.75) is 33.4 Å². The SMILES string of the molecule is CCC(C)(C)COc1cc(F)cc(C(F)(F)F)c1. The average Bonchev–Trinajstić information content (AvgIpc) is 2.25. The Balaban J connectivity index is 2.88. The molecule has 1 aromatic carbocycles. The Morgan fingerprint density at radius 1 is 1.11 bits per heavy atom. The molecule has 0 aliphatic rings. The molecular formula is C13H16F4O. The molecule has 0 fully saturated rings. The van der Waals surface area contributed by atoms with Gasteiger partial charge in [0.05, 0.1) is 12.2 Å². The first-order valence-corrected chi connectivity index (χ1v) is 5.64. The highest BCUT2D eigenvalue weighted by Gasteiger charge is 2.31. The van der Waals surface area contributed by atoms with Crippen molar-refractivity contribution in [3.63, 3.8) is 0 Å². The molecule has 0 radical (unpaired) electrons. The second kappa shape index (κ2) is 5.16. The first kappa shape index (κ1) is 14.8. The molecule has 0 unspecified atom stereocenters. The smallest absolute Gasteiger partial charge is 0.416 e. The van der Waals surface area contributed by atoms with Crippen LogP contribution in [0, 0.1) is 11.2 Å². The number of hydrogen-bond acceptors (Lipinski definition) is 1. The van der Waals surface area contributed by atoms with Gasteiger partial charge in [0, 0.05) is 6.07 Å². The summed E-state index contributed by atoms with van der Waals surface area (Å²) in [4.78, 5) is 0. The third-order valence-electron chi connectivity index (χ3n) is 2.79. The van der Waals surface area contributed by atoms with Crippen molar-refractivity contribution in [2.24, 2.45) is 5.41 Å². The fourth-order valence-electron chi connectivity index (χ4n) is 1.19. The zero-order chi connectivity index (χ0) is 14.0. The minimum Gasteiger partial charge on any atom is -0.493 e. The van der Waals surface area contributed by atoms with Crippen LogP contribution in [0.1, 0.15) is 32.8 Å². The Hall–Kier alpha value is -1.26. The zero-order valence-electron chi connectivity index (χ0n) is 10.6. The summed E-state index contributed by atoms with van der Waals surface area (Å²) in [6.45, 7) is 6.05. The predicted molar refractivity (Wildman–Crippen MR) is 61.0 cm³/mol. The minimum atomic E-state index is -4.57. The van der Waals surface area contributed by atoms with E-state index < -0.39 is 17.6 Å². The standard InChI is InChI=1S/C13H16F4O/c1-4-12(2,3)8-18-11-6-9(13(15,16)17)5-10(14)7-11/h5-7H,4,8H2,1-3H3. The summed E-state index contributed by atoms with van der Waals surface area (Å²) >= 11 is 0. The highest BCUT2D eigenvalue weighted by Crippen LogP contribution is 2.33. The van der Waals surface area contributed by atoms with E-state index in [4.69, 9.17) is 4.74 Å². The van der Waals surface area contributed by atoms with Crippen LogP contribution in [0.3, 0.4) is 0 Å². The van der Waals surface area contributed by atoms with Crippen LogP contribution < -0.4 is 4.74 Å². The Labute approximate surface area is 104 Å². The van der Waals surface area contributed by atoms with Gasteiger partial charge in [-0.3, -0.25) is 0 Å². The summed E-state index contributed by atoms with van der Waals surface area (Å²) in [5, 5.41) is 0. The fraction of sp³-hybridized carbons (Fsp3) is 0.538. The van der Waals surface area contributed by atoms with Crippen LogP contribution >= 0.6 is 0 Å². The van der Waals surface area contributed by atoms with Crippen molar-refractivity contribution >= 4 is 0 Å². The molecule has 0 amide bonds. The van der Waals surface area contributed by atoms with Crippen LogP contribution in [0.5, 0.6) is 5.75 Å². The second-order valence-corrected chi connectivity index (χ2v) is 4.98. The summed E-state index contributed by atoms with van der Waals surface area (Å²) in [6, 6.07) is 2.23. The van der Waals surface area contributed by atoms with E-state index in [0.29, 0.717) is 6.07 Å². The average molecular weight is 264 g/mol. The lowest BCUT2D eigenvalue weighted by Crippen LogP contribution is -2.20. The summed E-state index contributed by atoms with van der Waals surface area (Å²) in [6.07, 6.45) is -3.76. The molecule has 0 atom stereocenters. The minimum absolute atomic E-state index is 0.0937. The molecule has 5 heteroatoms. The van der Waals surface area contributed by atoms with Crippen LogP contribution in [0.25, 0.3) is 0 Å². The lowest BCUT2D eigenvalue weighted by atomic mass is 9.92. The van der Waals surface area contributed by atoms with Gasteiger partial charge in [-0.15, -0.1) is 0 Å². The van der Waals surface area contributed by atoms with E-state index in [9.17, 15) is 17.6 Å². The highest BCUT2D eigenvalue weighted by molar-refractivity contribution is 5.31. The fourth-order valence-corrected chi connectivity index (χ4v) is 1.19. The van der Waals surface area contributed by atoms with Crippen LogP contribution in [0.2, 0.25) is 0 Å². The quantitative estimate of drug-likeness (QED) is 0.719. The molecule has 0 aliphatic heterocycles. The first-order chi connectivity index (χ1) is 8.14. The summed E-state index contributed by atoms with van der Waals surface area (Å²) in [5.41, 5.74) is -1.20. The van der Waals surface area contributed by atoms with Gasteiger partial charge >= 0.3 is 6.18 Å². The van der Waals surface area contributed by atoms with E-state index in [1.165, 1.54) is 0 Å². The van der Waals surface area contributed by atoms with Gasteiger partial charge in [0.25, 0.3) is 0 Å². The molecule has 1 rings (SSSR count). The predicted octanol–water partition coefficient (Wildman–Crippen LogP) is 4.66. The third-order valence-corrected chi connectivity index (χ3v) is 2.79. The molecule has 1 nitrogen and oxygen atoms in total. The topological polar surface area (TPSA) is 9.23 Å². The van der Waals surface area contributed by atoms with Gasteiger partial charge in [0.1, 0.15) is 11.6 Å². The van der Waals surface area contributed by atoms with Crippen molar-refractivity contribution in [1.29, 1.82) is 0 Å². The first-order valence-electron chi connectivity index (χ1n) is 5.64. The number of halogens is 4. The van der Waals surface area contributed by atoms with Gasteiger partial charge in [0.15, 0.2) is 0 Å². The largest absolute Gasteiger partial charge is 0.493 e. The number of benzene rings is 1. The molecule has 0 aliphatic carbocycles. The number of rotatable bonds is 4. The lowest BCUT2D eigenvalue weighted by molar-refractivity contribution is -0.137. The maximum absolute atomic E-state index is 13.1. The zero-order valence-corrected chi connectivity index (χ0v) is 10.6. The van der Waals surface area contributed by atoms with Gasteiger partial charge in [-0.1, -0.05) is 20.8 Å². The van der Waals surface area contributed by atoms with Gasteiger partial charge in [-0.2, -0.15) is 13.2 Å². The molecule has 0 heterocycles. The number of ether oxygens (including phenoxy) is 1. The van der Waals surface area contributed by atoms with E-state index >= 15 is 0 Å². The monoisotopic (exact) mass is 264 g/mol. The molecule has 0 saturated heterocycles. The van der Waals surface area contributed by atoms with Crippen LogP contribution in [-0.2, 0) is 6.18 Å². The van der Waals surface area contributed by atoms with Crippen molar-refractivity contribution in [2.75, 3.05) is 6.61 Å². The maximum Gasteiger partial charge on any atom is 0.416 e. The molecule has 0 N–H and O–H groups in total. The summed E-state index contributed by atoms with van der Waals surface area (Å²) < 4.78 is 55.7. The van der Waals surface area contributed by atoms with Crippen LogP contribution in [-0.4, -0.2) is 6.61 Å². The Bertz CT molecular complexity index is 410. The van der Waals surface area contributed by atoms with Gasteiger partial charge in [0.2, 0.25) is 0 Å². The maximum atomic E-state index is 13.1. The lowest BCUT2D eigenvalue weighted by Gasteiger charge is -2.23. The number of hydrogen-bond donors (Lipinski definition) is 0. The Morgan fingerprint density at radius 3 is 2.22 bits per heavy atom. The van der Waals surface area contributed by atoms with E-state index in [2.05, 4.69) is 0 Å². The van der Waals surface area contributed by atoms with Crippen molar-refractivity contribution in [3.05, 3.63) is 29.6 Å². The van der Waals surface area contributed by atoms with Crippen LogP contribution in [0.15, 0.2) is 18.2 Å². The highest BCUT2D eigenvalue weighted by atomic mass is 19.4. The van der Waals surface area contributed by atoms with Gasteiger partial charge in [-0.05, 0) is 24.0 Å². The molecule has 0 spiro atoms. The molecular weight excluding hydrogens is 248 g/mol. The van der Waals surface area contributed by atoms with Gasteiger partial charge < -0.3 is 4.74 Å². The molecule has 0 saturated carbocycles. The third kappa shape index (κ3) is 4.20. The normalized spacial score (nSPS) is 12.6. The van der Waals surface area contributed by atoms with Gasteiger partial charge in [-0.25, -0.2) is 4.39 Å². The Kier molecular flexibility index (Phi) is 4.24. The summed E-state index contributed by atoms with van der Waals surface area (Å²) in [5.74, 6) is -1.04. The van der Waals surface area contributed by atoms with Crippen molar-refractivity contribution in [1.82, 2.24) is 0 Å². The van der Waals surface area contributed by atoms with Crippen molar-refractivity contribution in [3.8, 4) is 5.75 Å².